The summed E-state index contributed by atoms with van der Waals surface area (Å²) in [7, 11) is 0. The predicted octanol–water partition coefficient (Wildman–Crippen LogP) is 0.118. The minimum absolute atomic E-state index is 0.0331. The molecule has 5 nitrogen and oxygen atoms in total. The van der Waals surface area contributed by atoms with Crippen LogP contribution >= 0.6 is 0 Å². The minimum Gasteiger partial charge on any atom is -0.326 e. The third kappa shape index (κ3) is 1.69. The Kier molecular flexibility index (Phi) is 2.35. The van der Waals surface area contributed by atoms with Crippen molar-refractivity contribution in [3.05, 3.63) is 16.3 Å². The van der Waals surface area contributed by atoms with Crippen LogP contribution in [0.4, 0.5) is 0 Å². The Morgan fingerprint density at radius 3 is 2.94 bits per heavy atom. The molecule has 1 fully saturated rings. The Morgan fingerprint density at radius 1 is 1.44 bits per heavy atom. The van der Waals surface area contributed by atoms with Crippen LogP contribution in [0.15, 0.2) is 4.79 Å². The minimum atomic E-state index is 0.0331. The van der Waals surface area contributed by atoms with Crippen molar-refractivity contribution in [1.29, 1.82) is 0 Å². The number of rotatable bonds is 3. The standard InChI is InChI=1S/C11H18N4O/c12-9(8-4-5-8)7-15-11(16)14-6-2-1-3-10(14)13-15/h8-9H,1-7,12H2. The van der Waals surface area contributed by atoms with Gasteiger partial charge in [-0.25, -0.2) is 9.48 Å². The molecule has 1 saturated carbocycles. The smallest absolute Gasteiger partial charge is 0.326 e. The van der Waals surface area contributed by atoms with Crippen LogP contribution in [0.2, 0.25) is 0 Å². The second-order valence-corrected chi connectivity index (χ2v) is 4.99. The fourth-order valence-corrected chi connectivity index (χ4v) is 2.44. The van der Waals surface area contributed by atoms with Crippen LogP contribution in [-0.2, 0) is 19.5 Å². The fourth-order valence-electron chi connectivity index (χ4n) is 2.44. The highest BCUT2D eigenvalue weighted by Gasteiger charge is 2.29. The van der Waals surface area contributed by atoms with Crippen LogP contribution in [0.5, 0.6) is 0 Å². The molecule has 1 aliphatic carbocycles. The third-order valence-electron chi connectivity index (χ3n) is 3.64. The van der Waals surface area contributed by atoms with Gasteiger partial charge in [-0.3, -0.25) is 4.57 Å². The molecule has 2 heterocycles. The average Bonchev–Trinajstić information content (AvgIpc) is 3.08. The molecule has 0 saturated heterocycles. The van der Waals surface area contributed by atoms with Gasteiger partial charge in [-0.2, -0.15) is 5.10 Å². The van der Waals surface area contributed by atoms with Crippen LogP contribution in [0.1, 0.15) is 31.5 Å². The van der Waals surface area contributed by atoms with Crippen molar-refractivity contribution in [2.24, 2.45) is 11.7 Å². The van der Waals surface area contributed by atoms with Gasteiger partial charge in [0.1, 0.15) is 5.82 Å². The Morgan fingerprint density at radius 2 is 2.25 bits per heavy atom. The summed E-state index contributed by atoms with van der Waals surface area (Å²) in [5.41, 5.74) is 6.06. The van der Waals surface area contributed by atoms with Gasteiger partial charge in [0.05, 0.1) is 6.54 Å². The van der Waals surface area contributed by atoms with Gasteiger partial charge in [0, 0.05) is 19.0 Å². The van der Waals surface area contributed by atoms with E-state index in [4.69, 9.17) is 5.73 Å². The highest BCUT2D eigenvalue weighted by atomic mass is 16.2. The molecule has 0 spiro atoms. The van der Waals surface area contributed by atoms with E-state index < -0.39 is 0 Å². The molecule has 88 valence electrons. The zero-order chi connectivity index (χ0) is 11.1. The lowest BCUT2D eigenvalue weighted by molar-refractivity contribution is 0.455. The summed E-state index contributed by atoms with van der Waals surface area (Å²) in [4.78, 5) is 12.0. The molecule has 1 aromatic rings. The van der Waals surface area contributed by atoms with E-state index in [9.17, 15) is 4.79 Å². The Hall–Kier alpha value is -1.10. The van der Waals surface area contributed by atoms with Crippen molar-refractivity contribution < 1.29 is 0 Å². The first-order valence-electron chi connectivity index (χ1n) is 6.18. The molecule has 2 aliphatic rings. The third-order valence-corrected chi connectivity index (χ3v) is 3.64. The molecule has 0 aromatic carbocycles. The number of hydrogen-bond donors (Lipinski definition) is 1. The number of hydrogen-bond acceptors (Lipinski definition) is 3. The lowest BCUT2D eigenvalue weighted by Crippen LogP contribution is -2.35. The van der Waals surface area contributed by atoms with E-state index in [0.29, 0.717) is 12.5 Å². The van der Waals surface area contributed by atoms with Gasteiger partial charge < -0.3 is 5.73 Å². The van der Waals surface area contributed by atoms with Crippen molar-refractivity contribution in [2.75, 3.05) is 0 Å². The topological polar surface area (TPSA) is 65.8 Å². The summed E-state index contributed by atoms with van der Waals surface area (Å²) in [6.07, 6.45) is 5.59. The molecule has 2 N–H and O–H groups in total. The molecule has 1 aliphatic heterocycles. The molecule has 0 bridgehead atoms. The summed E-state index contributed by atoms with van der Waals surface area (Å²) >= 11 is 0. The Bertz CT molecular complexity index is 443. The molecule has 1 aromatic heterocycles. The predicted molar refractivity (Wildman–Crippen MR) is 60.1 cm³/mol. The molecule has 0 radical (unpaired) electrons. The van der Waals surface area contributed by atoms with Gasteiger partial charge in [-0.15, -0.1) is 0 Å². The number of nitrogens with two attached hydrogens (primary N) is 1. The second kappa shape index (κ2) is 3.73. The summed E-state index contributed by atoms with van der Waals surface area (Å²) in [6, 6.07) is 0.106. The van der Waals surface area contributed by atoms with E-state index in [-0.39, 0.29) is 11.7 Å². The van der Waals surface area contributed by atoms with E-state index in [1.165, 1.54) is 12.8 Å². The summed E-state index contributed by atoms with van der Waals surface area (Å²) in [5, 5.41) is 4.39. The molecule has 0 amide bonds. The van der Waals surface area contributed by atoms with Gasteiger partial charge in [-0.05, 0) is 31.6 Å². The number of nitrogens with zero attached hydrogens (tertiary/aromatic N) is 3. The number of aromatic nitrogens is 3. The maximum absolute atomic E-state index is 12.0. The maximum Gasteiger partial charge on any atom is 0.345 e. The van der Waals surface area contributed by atoms with Crippen LogP contribution in [0.25, 0.3) is 0 Å². The normalized spacial score (nSPS) is 21.8. The van der Waals surface area contributed by atoms with Crippen LogP contribution in [0.3, 0.4) is 0 Å². The largest absolute Gasteiger partial charge is 0.345 e. The van der Waals surface area contributed by atoms with Gasteiger partial charge >= 0.3 is 5.69 Å². The van der Waals surface area contributed by atoms with Gasteiger partial charge in [0.15, 0.2) is 0 Å². The van der Waals surface area contributed by atoms with Crippen molar-refractivity contribution >= 4 is 0 Å². The molecule has 3 rings (SSSR count). The first-order valence-corrected chi connectivity index (χ1v) is 6.18. The molecule has 1 atom stereocenters. The number of aryl methyl sites for hydroxylation is 1. The molecular formula is C11H18N4O. The second-order valence-electron chi connectivity index (χ2n) is 4.99. The van der Waals surface area contributed by atoms with E-state index in [0.717, 1.165) is 31.6 Å². The Balaban J connectivity index is 1.83. The van der Waals surface area contributed by atoms with Gasteiger partial charge in [0.2, 0.25) is 0 Å². The lowest BCUT2D eigenvalue weighted by Gasteiger charge is -2.09. The SMILES string of the molecule is NC(Cn1nc2n(c1=O)CCCC2)C1CC1. The quantitative estimate of drug-likeness (QED) is 0.790. The lowest BCUT2D eigenvalue weighted by atomic mass is 10.2. The zero-order valence-corrected chi connectivity index (χ0v) is 9.43. The van der Waals surface area contributed by atoms with Crippen molar-refractivity contribution in [2.45, 2.75) is 51.2 Å². The zero-order valence-electron chi connectivity index (χ0n) is 9.43. The Labute approximate surface area is 94.2 Å². The van der Waals surface area contributed by atoms with Crippen LogP contribution in [-0.4, -0.2) is 20.4 Å². The van der Waals surface area contributed by atoms with Gasteiger partial charge in [-0.1, -0.05) is 0 Å². The average molecular weight is 222 g/mol. The summed E-state index contributed by atoms with van der Waals surface area (Å²) in [5.74, 6) is 1.56. The van der Waals surface area contributed by atoms with Crippen LogP contribution in [0, 0.1) is 5.92 Å². The van der Waals surface area contributed by atoms with E-state index in [2.05, 4.69) is 5.10 Å². The number of fused-ring (bicyclic) bond motifs is 1. The first-order chi connectivity index (χ1) is 7.75. The molecule has 5 heteroatoms. The summed E-state index contributed by atoms with van der Waals surface area (Å²) in [6.45, 7) is 1.41. The van der Waals surface area contributed by atoms with Crippen molar-refractivity contribution in [1.82, 2.24) is 14.3 Å². The van der Waals surface area contributed by atoms with Crippen molar-refractivity contribution in [3.63, 3.8) is 0 Å². The summed E-state index contributed by atoms with van der Waals surface area (Å²) < 4.78 is 3.38. The highest BCUT2D eigenvalue weighted by molar-refractivity contribution is 4.92. The monoisotopic (exact) mass is 222 g/mol. The molecular weight excluding hydrogens is 204 g/mol. The van der Waals surface area contributed by atoms with Gasteiger partial charge in [0.25, 0.3) is 0 Å². The highest BCUT2D eigenvalue weighted by Crippen LogP contribution is 2.31. The van der Waals surface area contributed by atoms with E-state index in [1.807, 2.05) is 4.57 Å². The van der Waals surface area contributed by atoms with E-state index in [1.54, 1.807) is 4.68 Å². The van der Waals surface area contributed by atoms with E-state index >= 15 is 0 Å². The van der Waals surface area contributed by atoms with Crippen LogP contribution < -0.4 is 11.4 Å². The molecule has 16 heavy (non-hydrogen) atoms. The fraction of sp³-hybridized carbons (Fsp3) is 0.818. The van der Waals surface area contributed by atoms with Crippen molar-refractivity contribution in [3.8, 4) is 0 Å². The first kappa shape index (κ1) is 10.1. The molecule has 1 unspecified atom stereocenters. The maximum atomic E-state index is 12.0.